The van der Waals surface area contributed by atoms with Gasteiger partial charge in [-0.3, -0.25) is 0 Å². The lowest BCUT2D eigenvalue weighted by molar-refractivity contribution is 0.629. The highest BCUT2D eigenvalue weighted by Gasteiger charge is 2.11. The number of hydrogen-bond donors (Lipinski definition) is 0. The second-order valence-corrected chi connectivity index (χ2v) is 6.42. The Morgan fingerprint density at radius 1 is 1.10 bits per heavy atom. The first-order valence-electron chi connectivity index (χ1n) is 5.97. The van der Waals surface area contributed by atoms with Crippen molar-refractivity contribution in [1.29, 1.82) is 0 Å². The van der Waals surface area contributed by atoms with Crippen LogP contribution in [0.3, 0.4) is 0 Å². The van der Waals surface area contributed by atoms with Crippen LogP contribution in [-0.4, -0.2) is 4.98 Å². The monoisotopic (exact) mass is 317 g/mol. The first-order valence-corrected chi connectivity index (χ1v) is 8.17. The average Bonchev–Trinajstić information content (AvgIpc) is 3.17. The predicted octanol–water partition coefficient (Wildman–Crippen LogP) is 5.94. The molecule has 0 unspecified atom stereocenters. The molecule has 0 radical (unpaired) electrons. The highest BCUT2D eigenvalue weighted by Crippen LogP contribution is 2.33. The van der Waals surface area contributed by atoms with Crippen LogP contribution in [0.2, 0.25) is 5.02 Å². The standard InChI is InChI=1S/C15H8ClNOS2/c16-11-1-2-13-10(5-11)6-14(18-13)12-8-20-15(17-12)9-3-4-19-7-9/h1-8H. The summed E-state index contributed by atoms with van der Waals surface area (Å²) in [6.07, 6.45) is 0. The van der Waals surface area contributed by atoms with Gasteiger partial charge in [-0.2, -0.15) is 11.3 Å². The van der Waals surface area contributed by atoms with Gasteiger partial charge in [0.05, 0.1) is 0 Å². The molecule has 0 spiro atoms. The number of furan rings is 1. The smallest absolute Gasteiger partial charge is 0.154 e. The second-order valence-electron chi connectivity index (χ2n) is 4.34. The zero-order valence-corrected chi connectivity index (χ0v) is 12.6. The van der Waals surface area contributed by atoms with Gasteiger partial charge < -0.3 is 4.42 Å². The Kier molecular flexibility index (Phi) is 2.88. The van der Waals surface area contributed by atoms with E-state index in [9.17, 15) is 0 Å². The molecule has 20 heavy (non-hydrogen) atoms. The predicted molar refractivity (Wildman–Crippen MR) is 85.6 cm³/mol. The molecule has 0 fully saturated rings. The van der Waals surface area contributed by atoms with Crippen molar-refractivity contribution in [3.05, 3.63) is 51.5 Å². The van der Waals surface area contributed by atoms with E-state index in [1.165, 1.54) is 0 Å². The van der Waals surface area contributed by atoms with E-state index in [0.29, 0.717) is 5.02 Å². The van der Waals surface area contributed by atoms with E-state index >= 15 is 0 Å². The summed E-state index contributed by atoms with van der Waals surface area (Å²) >= 11 is 9.29. The fourth-order valence-electron chi connectivity index (χ4n) is 2.05. The highest BCUT2D eigenvalue weighted by atomic mass is 35.5. The van der Waals surface area contributed by atoms with Crippen molar-refractivity contribution < 1.29 is 4.42 Å². The quantitative estimate of drug-likeness (QED) is 0.457. The van der Waals surface area contributed by atoms with Crippen molar-refractivity contribution in [3.8, 4) is 22.0 Å². The van der Waals surface area contributed by atoms with E-state index < -0.39 is 0 Å². The Morgan fingerprint density at radius 2 is 2.05 bits per heavy atom. The lowest BCUT2D eigenvalue weighted by Crippen LogP contribution is -1.74. The molecule has 4 rings (SSSR count). The van der Waals surface area contributed by atoms with Crippen LogP contribution >= 0.6 is 34.3 Å². The number of nitrogens with zero attached hydrogens (tertiary/aromatic N) is 1. The SMILES string of the molecule is Clc1ccc2oc(-c3csc(-c4ccsc4)n3)cc2c1. The molecule has 0 aliphatic carbocycles. The third kappa shape index (κ3) is 2.06. The van der Waals surface area contributed by atoms with E-state index in [1.807, 2.05) is 29.6 Å². The van der Waals surface area contributed by atoms with Crippen molar-refractivity contribution in [2.75, 3.05) is 0 Å². The number of thiazole rings is 1. The minimum Gasteiger partial charge on any atom is -0.454 e. The molecule has 3 heterocycles. The van der Waals surface area contributed by atoms with Crippen LogP contribution in [0, 0.1) is 0 Å². The van der Waals surface area contributed by atoms with E-state index in [1.54, 1.807) is 22.7 Å². The van der Waals surface area contributed by atoms with Crippen LogP contribution in [0.15, 0.2) is 50.9 Å². The van der Waals surface area contributed by atoms with Gasteiger partial charge in [-0.05, 0) is 35.7 Å². The molecular formula is C15H8ClNOS2. The Morgan fingerprint density at radius 3 is 2.90 bits per heavy atom. The first kappa shape index (κ1) is 12.1. The largest absolute Gasteiger partial charge is 0.454 e. The number of hydrogen-bond acceptors (Lipinski definition) is 4. The normalized spacial score (nSPS) is 11.2. The second kappa shape index (κ2) is 4.74. The Bertz CT molecular complexity index is 876. The minimum absolute atomic E-state index is 0.710. The maximum Gasteiger partial charge on any atom is 0.154 e. The number of rotatable bonds is 2. The van der Waals surface area contributed by atoms with Crippen LogP contribution < -0.4 is 0 Å². The lowest BCUT2D eigenvalue weighted by Gasteiger charge is -1.89. The summed E-state index contributed by atoms with van der Waals surface area (Å²) in [6, 6.07) is 9.66. The molecule has 5 heteroatoms. The topological polar surface area (TPSA) is 26.0 Å². The fourth-order valence-corrected chi connectivity index (χ4v) is 3.75. The maximum absolute atomic E-state index is 5.99. The summed E-state index contributed by atoms with van der Waals surface area (Å²) < 4.78 is 5.83. The third-order valence-corrected chi connectivity index (χ3v) is 4.81. The summed E-state index contributed by atoms with van der Waals surface area (Å²) in [5.74, 6) is 0.778. The molecule has 0 amide bonds. The van der Waals surface area contributed by atoms with Gasteiger partial charge in [-0.1, -0.05) is 11.6 Å². The average molecular weight is 318 g/mol. The molecule has 0 saturated carbocycles. The van der Waals surface area contributed by atoms with E-state index in [-0.39, 0.29) is 0 Å². The maximum atomic E-state index is 5.99. The third-order valence-electron chi connectivity index (χ3n) is 3.00. The number of halogens is 1. The molecule has 2 nitrogen and oxygen atoms in total. The molecule has 0 aliphatic rings. The molecule has 4 aromatic rings. The molecule has 98 valence electrons. The van der Waals surface area contributed by atoms with Crippen molar-refractivity contribution >= 4 is 45.2 Å². The first-order chi connectivity index (χ1) is 9.79. The number of benzene rings is 1. The molecule has 0 saturated heterocycles. The van der Waals surface area contributed by atoms with E-state index in [4.69, 9.17) is 16.0 Å². The number of thiophene rings is 1. The molecule has 0 atom stereocenters. The minimum atomic E-state index is 0.710. The molecule has 0 N–H and O–H groups in total. The Balaban J connectivity index is 1.79. The summed E-state index contributed by atoms with van der Waals surface area (Å²) in [4.78, 5) is 4.64. The van der Waals surface area contributed by atoms with E-state index in [0.717, 1.165) is 33.0 Å². The zero-order chi connectivity index (χ0) is 13.5. The Labute approximate surface area is 128 Å². The van der Waals surface area contributed by atoms with Crippen LogP contribution in [-0.2, 0) is 0 Å². The highest BCUT2D eigenvalue weighted by molar-refractivity contribution is 7.14. The van der Waals surface area contributed by atoms with Crippen molar-refractivity contribution in [1.82, 2.24) is 4.98 Å². The van der Waals surface area contributed by atoms with Crippen molar-refractivity contribution in [2.45, 2.75) is 0 Å². The summed E-state index contributed by atoms with van der Waals surface area (Å²) in [6.45, 7) is 0. The molecule has 1 aromatic carbocycles. The molecular weight excluding hydrogens is 310 g/mol. The summed E-state index contributed by atoms with van der Waals surface area (Å²) in [5.41, 5.74) is 2.85. The summed E-state index contributed by atoms with van der Waals surface area (Å²) in [7, 11) is 0. The lowest BCUT2D eigenvalue weighted by atomic mass is 10.2. The van der Waals surface area contributed by atoms with Crippen molar-refractivity contribution in [3.63, 3.8) is 0 Å². The molecule has 3 aromatic heterocycles. The Hall–Kier alpha value is -1.62. The zero-order valence-electron chi connectivity index (χ0n) is 10.2. The van der Waals surface area contributed by atoms with Crippen LogP contribution in [0.25, 0.3) is 33.0 Å². The molecule has 0 bridgehead atoms. The van der Waals surface area contributed by atoms with Gasteiger partial charge in [-0.15, -0.1) is 11.3 Å². The fraction of sp³-hybridized carbons (Fsp3) is 0. The summed E-state index contributed by atoms with van der Waals surface area (Å²) in [5, 5.41) is 8.90. The van der Waals surface area contributed by atoms with E-state index in [2.05, 4.69) is 21.8 Å². The van der Waals surface area contributed by atoms with Gasteiger partial charge in [-0.25, -0.2) is 4.98 Å². The van der Waals surface area contributed by atoms with Crippen LogP contribution in [0.5, 0.6) is 0 Å². The molecule has 0 aliphatic heterocycles. The number of fused-ring (bicyclic) bond motifs is 1. The van der Waals surface area contributed by atoms with Gasteiger partial charge in [0.2, 0.25) is 0 Å². The van der Waals surface area contributed by atoms with Crippen LogP contribution in [0.4, 0.5) is 0 Å². The number of aromatic nitrogens is 1. The van der Waals surface area contributed by atoms with Gasteiger partial charge in [0, 0.05) is 26.7 Å². The van der Waals surface area contributed by atoms with Gasteiger partial charge in [0.15, 0.2) is 5.76 Å². The van der Waals surface area contributed by atoms with Gasteiger partial charge in [0.1, 0.15) is 16.3 Å². The van der Waals surface area contributed by atoms with Crippen molar-refractivity contribution in [2.24, 2.45) is 0 Å². The van der Waals surface area contributed by atoms with Gasteiger partial charge >= 0.3 is 0 Å². The van der Waals surface area contributed by atoms with Gasteiger partial charge in [0.25, 0.3) is 0 Å². The van der Waals surface area contributed by atoms with Crippen LogP contribution in [0.1, 0.15) is 0 Å².